The largest absolute Gasteiger partial charge is 0.465 e. The number of carbonyl (C=O) groups is 4. The highest BCUT2D eigenvalue weighted by atomic mass is 16.5. The van der Waals surface area contributed by atoms with Crippen LogP contribution in [0.5, 0.6) is 0 Å². The minimum Gasteiger partial charge on any atom is -0.465 e. The molecule has 0 N–H and O–H groups in total. The van der Waals surface area contributed by atoms with Crippen molar-refractivity contribution in [1.29, 1.82) is 0 Å². The summed E-state index contributed by atoms with van der Waals surface area (Å²) in [7, 11) is 2.21. The third-order valence-electron chi connectivity index (χ3n) is 2.94. The number of ether oxygens (including phenoxy) is 4. The number of rotatable bonds is 6. The Kier molecular flexibility index (Phi) is 6.91. The SMILES string of the molecule is CCOC(=O)c1cc(C(=O)OC)c(C(=O)OCC)c(C(=O)OC)c1. The van der Waals surface area contributed by atoms with Crippen LogP contribution in [-0.2, 0) is 18.9 Å². The van der Waals surface area contributed by atoms with Crippen molar-refractivity contribution in [2.75, 3.05) is 27.4 Å². The molecule has 0 spiro atoms. The van der Waals surface area contributed by atoms with E-state index in [-0.39, 0.29) is 35.5 Å². The summed E-state index contributed by atoms with van der Waals surface area (Å²) in [5.74, 6) is -3.49. The molecule has 0 aromatic heterocycles. The summed E-state index contributed by atoms with van der Waals surface area (Å²) in [6.45, 7) is 3.30. The molecule has 0 aliphatic carbocycles. The van der Waals surface area contributed by atoms with Crippen LogP contribution in [0.2, 0.25) is 0 Å². The molecule has 0 aliphatic rings. The number of carbonyl (C=O) groups excluding carboxylic acids is 4. The van der Waals surface area contributed by atoms with E-state index in [1.807, 2.05) is 0 Å². The normalized spacial score (nSPS) is 9.83. The predicted molar refractivity (Wildman–Crippen MR) is 81.0 cm³/mol. The van der Waals surface area contributed by atoms with Gasteiger partial charge in [-0.25, -0.2) is 19.2 Å². The van der Waals surface area contributed by atoms with Crippen LogP contribution in [0.4, 0.5) is 0 Å². The van der Waals surface area contributed by atoms with Crippen LogP contribution in [0.15, 0.2) is 12.1 Å². The molecule has 0 saturated carbocycles. The van der Waals surface area contributed by atoms with E-state index in [9.17, 15) is 19.2 Å². The van der Waals surface area contributed by atoms with Gasteiger partial charge in [-0.1, -0.05) is 0 Å². The van der Waals surface area contributed by atoms with Crippen molar-refractivity contribution in [3.8, 4) is 0 Å². The van der Waals surface area contributed by atoms with Gasteiger partial charge in [0.15, 0.2) is 0 Å². The lowest BCUT2D eigenvalue weighted by Crippen LogP contribution is -2.21. The fraction of sp³-hybridized carbons (Fsp3) is 0.375. The molecule has 1 aromatic carbocycles. The zero-order chi connectivity index (χ0) is 18.3. The van der Waals surface area contributed by atoms with E-state index in [2.05, 4.69) is 9.47 Å². The minimum atomic E-state index is -0.909. The Morgan fingerprint density at radius 1 is 0.750 bits per heavy atom. The van der Waals surface area contributed by atoms with Crippen LogP contribution in [0.25, 0.3) is 0 Å². The summed E-state index contributed by atoms with van der Waals surface area (Å²) < 4.78 is 19.0. The highest BCUT2D eigenvalue weighted by molar-refractivity contribution is 6.12. The smallest absolute Gasteiger partial charge is 0.339 e. The number of esters is 4. The molecule has 8 heteroatoms. The van der Waals surface area contributed by atoms with Gasteiger partial charge in [0.05, 0.1) is 49.7 Å². The number of benzene rings is 1. The summed E-state index contributed by atoms with van der Waals surface area (Å²) >= 11 is 0. The highest BCUT2D eigenvalue weighted by Gasteiger charge is 2.29. The molecule has 130 valence electrons. The van der Waals surface area contributed by atoms with Crippen molar-refractivity contribution >= 4 is 23.9 Å². The summed E-state index contributed by atoms with van der Waals surface area (Å²) in [4.78, 5) is 48.1. The van der Waals surface area contributed by atoms with Gasteiger partial charge in [0, 0.05) is 0 Å². The Morgan fingerprint density at radius 2 is 1.17 bits per heavy atom. The first-order valence-corrected chi connectivity index (χ1v) is 7.10. The first-order valence-electron chi connectivity index (χ1n) is 7.10. The molecule has 0 atom stereocenters. The zero-order valence-corrected chi connectivity index (χ0v) is 13.8. The number of methoxy groups -OCH3 is 2. The van der Waals surface area contributed by atoms with Crippen molar-refractivity contribution in [2.24, 2.45) is 0 Å². The van der Waals surface area contributed by atoms with Gasteiger partial charge in [-0.2, -0.15) is 0 Å². The molecule has 0 bridgehead atoms. The van der Waals surface area contributed by atoms with Crippen molar-refractivity contribution in [3.63, 3.8) is 0 Å². The molecule has 1 aromatic rings. The van der Waals surface area contributed by atoms with E-state index in [0.29, 0.717) is 0 Å². The third-order valence-corrected chi connectivity index (χ3v) is 2.94. The third kappa shape index (κ3) is 4.09. The van der Waals surface area contributed by atoms with Crippen molar-refractivity contribution in [3.05, 3.63) is 34.4 Å². The van der Waals surface area contributed by atoms with Gasteiger partial charge < -0.3 is 18.9 Å². The van der Waals surface area contributed by atoms with Gasteiger partial charge in [0.25, 0.3) is 0 Å². The molecule has 0 amide bonds. The predicted octanol–water partition coefficient (Wildman–Crippen LogP) is 1.61. The molecule has 0 heterocycles. The lowest BCUT2D eigenvalue weighted by Gasteiger charge is -2.13. The van der Waals surface area contributed by atoms with Gasteiger partial charge in [-0.15, -0.1) is 0 Å². The average Bonchev–Trinajstić information content (AvgIpc) is 2.59. The Bertz CT molecular complexity index is 625. The summed E-state index contributed by atoms with van der Waals surface area (Å²) in [5.41, 5.74) is -1.00. The van der Waals surface area contributed by atoms with E-state index in [1.165, 1.54) is 0 Å². The standard InChI is InChI=1S/C16H18O8/c1-5-23-13(17)9-7-10(14(18)21-3)12(16(20)24-6-2)11(8-9)15(19)22-4/h7-8H,5-6H2,1-4H3. The van der Waals surface area contributed by atoms with E-state index in [1.54, 1.807) is 13.8 Å². The molecule has 8 nitrogen and oxygen atoms in total. The average molecular weight is 338 g/mol. The van der Waals surface area contributed by atoms with Gasteiger partial charge in [-0.3, -0.25) is 0 Å². The van der Waals surface area contributed by atoms with Crippen molar-refractivity contribution in [2.45, 2.75) is 13.8 Å². The van der Waals surface area contributed by atoms with Crippen LogP contribution < -0.4 is 0 Å². The number of hydrogen-bond donors (Lipinski definition) is 0. The second kappa shape index (κ2) is 8.66. The molecule has 0 unspecified atom stereocenters. The first-order chi connectivity index (χ1) is 11.4. The molecule has 0 radical (unpaired) electrons. The van der Waals surface area contributed by atoms with Gasteiger partial charge in [0.1, 0.15) is 0 Å². The van der Waals surface area contributed by atoms with Crippen LogP contribution in [0.3, 0.4) is 0 Å². The first kappa shape index (κ1) is 19.1. The van der Waals surface area contributed by atoms with E-state index < -0.39 is 23.9 Å². The molecule has 0 fully saturated rings. The Labute approximate surface area is 138 Å². The maximum atomic E-state index is 12.2. The van der Waals surface area contributed by atoms with Gasteiger partial charge >= 0.3 is 23.9 Å². The molecule has 24 heavy (non-hydrogen) atoms. The fourth-order valence-electron chi connectivity index (χ4n) is 1.94. The summed E-state index contributed by atoms with van der Waals surface area (Å²) in [6.07, 6.45) is 0. The maximum Gasteiger partial charge on any atom is 0.339 e. The Balaban J connectivity index is 3.68. The quantitative estimate of drug-likeness (QED) is 0.569. The molecular formula is C16H18O8. The molecule has 0 aliphatic heterocycles. The molecular weight excluding hydrogens is 320 g/mol. The minimum absolute atomic E-state index is 0.0275. The van der Waals surface area contributed by atoms with Gasteiger partial charge in [-0.05, 0) is 26.0 Å². The summed E-state index contributed by atoms with van der Waals surface area (Å²) in [6, 6.07) is 2.23. The monoisotopic (exact) mass is 338 g/mol. The van der Waals surface area contributed by atoms with Crippen molar-refractivity contribution in [1.82, 2.24) is 0 Å². The lowest BCUT2D eigenvalue weighted by atomic mass is 9.97. The van der Waals surface area contributed by atoms with Crippen LogP contribution in [0.1, 0.15) is 55.3 Å². The molecule has 0 saturated heterocycles. The van der Waals surface area contributed by atoms with E-state index in [0.717, 1.165) is 26.4 Å². The summed E-state index contributed by atoms with van der Waals surface area (Å²) in [5, 5.41) is 0. The van der Waals surface area contributed by atoms with Gasteiger partial charge in [0.2, 0.25) is 0 Å². The second-order valence-electron chi connectivity index (χ2n) is 4.37. The topological polar surface area (TPSA) is 105 Å². The van der Waals surface area contributed by atoms with Crippen LogP contribution in [0, 0.1) is 0 Å². The van der Waals surface area contributed by atoms with Crippen LogP contribution in [-0.4, -0.2) is 51.3 Å². The van der Waals surface area contributed by atoms with E-state index in [4.69, 9.17) is 9.47 Å². The maximum absolute atomic E-state index is 12.2. The van der Waals surface area contributed by atoms with Crippen LogP contribution >= 0.6 is 0 Å². The molecule has 1 rings (SSSR count). The Hall–Kier alpha value is -2.90. The number of hydrogen-bond acceptors (Lipinski definition) is 8. The fourth-order valence-corrected chi connectivity index (χ4v) is 1.94. The second-order valence-corrected chi connectivity index (χ2v) is 4.37. The van der Waals surface area contributed by atoms with Crippen molar-refractivity contribution < 1.29 is 38.1 Å². The Morgan fingerprint density at radius 3 is 1.54 bits per heavy atom. The van der Waals surface area contributed by atoms with E-state index >= 15 is 0 Å². The zero-order valence-electron chi connectivity index (χ0n) is 13.8. The lowest BCUT2D eigenvalue weighted by molar-refractivity contribution is 0.0483. The highest BCUT2D eigenvalue weighted by Crippen LogP contribution is 2.22.